The molecule has 0 spiro atoms. The van der Waals surface area contributed by atoms with Crippen molar-refractivity contribution in [3.63, 3.8) is 0 Å². The van der Waals surface area contributed by atoms with Gasteiger partial charge in [0.05, 0.1) is 6.04 Å². The molecule has 3 rings (SSSR count). The van der Waals surface area contributed by atoms with Crippen molar-refractivity contribution in [3.8, 4) is 0 Å². The smallest absolute Gasteiger partial charge is 0.229 e. The van der Waals surface area contributed by atoms with Crippen molar-refractivity contribution >= 4 is 0 Å². The molecule has 1 unspecified atom stereocenters. The zero-order valence-electron chi connectivity index (χ0n) is 10.7. The van der Waals surface area contributed by atoms with Crippen LogP contribution in [-0.2, 0) is 0 Å². The van der Waals surface area contributed by atoms with Crippen molar-refractivity contribution in [3.05, 3.63) is 11.7 Å². The number of hydrogen-bond donors (Lipinski definition) is 0. The fourth-order valence-electron chi connectivity index (χ4n) is 2.59. The number of nitrogens with zero attached hydrogens (tertiary/aromatic N) is 3. The molecule has 4 heteroatoms. The van der Waals surface area contributed by atoms with Crippen LogP contribution in [0.3, 0.4) is 0 Å². The Balaban J connectivity index is 1.71. The van der Waals surface area contributed by atoms with E-state index in [4.69, 9.17) is 4.52 Å². The highest BCUT2D eigenvalue weighted by Gasteiger charge is 2.34. The minimum Gasteiger partial charge on any atom is -0.339 e. The minimum atomic E-state index is 0.328. The Morgan fingerprint density at radius 2 is 2.18 bits per heavy atom. The van der Waals surface area contributed by atoms with Crippen LogP contribution in [0.1, 0.15) is 63.2 Å². The summed E-state index contributed by atoms with van der Waals surface area (Å²) in [6.07, 6.45) is 5.27. The van der Waals surface area contributed by atoms with E-state index in [1.807, 2.05) is 0 Å². The molecule has 0 aromatic carbocycles. The van der Waals surface area contributed by atoms with E-state index >= 15 is 0 Å². The monoisotopic (exact) mass is 235 g/mol. The second kappa shape index (κ2) is 4.41. The molecule has 1 aromatic rings. The standard InChI is InChI=1S/C13H21N3O/c1-9(2)13-14-12(15-17-13)11-4-3-7-16(11)8-10-5-6-10/h9-11H,3-8H2,1-2H3. The van der Waals surface area contributed by atoms with Gasteiger partial charge < -0.3 is 4.52 Å². The van der Waals surface area contributed by atoms with Gasteiger partial charge in [-0.1, -0.05) is 19.0 Å². The van der Waals surface area contributed by atoms with Crippen LogP contribution >= 0.6 is 0 Å². The molecule has 1 aliphatic carbocycles. The Morgan fingerprint density at radius 1 is 1.35 bits per heavy atom. The van der Waals surface area contributed by atoms with Crippen molar-refractivity contribution < 1.29 is 4.52 Å². The Bertz CT molecular complexity index is 384. The van der Waals surface area contributed by atoms with Gasteiger partial charge in [0.2, 0.25) is 5.89 Å². The van der Waals surface area contributed by atoms with Crippen molar-refractivity contribution in [2.75, 3.05) is 13.1 Å². The summed E-state index contributed by atoms with van der Waals surface area (Å²) in [5.41, 5.74) is 0. The van der Waals surface area contributed by atoms with E-state index in [0.717, 1.165) is 17.6 Å². The molecule has 1 saturated heterocycles. The van der Waals surface area contributed by atoms with Gasteiger partial charge in [-0.3, -0.25) is 4.90 Å². The van der Waals surface area contributed by atoms with Crippen LogP contribution in [0.2, 0.25) is 0 Å². The van der Waals surface area contributed by atoms with E-state index in [1.54, 1.807) is 0 Å². The first-order chi connectivity index (χ1) is 8.24. The van der Waals surface area contributed by atoms with Crippen LogP contribution in [0, 0.1) is 5.92 Å². The Labute approximate surface area is 102 Å². The maximum atomic E-state index is 5.32. The number of hydrogen-bond acceptors (Lipinski definition) is 4. The third-order valence-electron chi connectivity index (χ3n) is 3.80. The lowest BCUT2D eigenvalue weighted by atomic mass is 10.2. The van der Waals surface area contributed by atoms with Crippen LogP contribution < -0.4 is 0 Å². The molecule has 4 nitrogen and oxygen atoms in total. The van der Waals surface area contributed by atoms with Gasteiger partial charge in [-0.15, -0.1) is 0 Å². The second-order valence-corrected chi connectivity index (χ2v) is 5.74. The molecule has 2 heterocycles. The lowest BCUT2D eigenvalue weighted by Crippen LogP contribution is -2.26. The zero-order chi connectivity index (χ0) is 11.8. The first-order valence-electron chi connectivity index (χ1n) is 6.81. The Hall–Kier alpha value is -0.900. The molecule has 0 bridgehead atoms. The summed E-state index contributed by atoms with van der Waals surface area (Å²) in [7, 11) is 0. The molecule has 1 atom stereocenters. The predicted molar refractivity (Wildman–Crippen MR) is 64.7 cm³/mol. The minimum absolute atomic E-state index is 0.328. The van der Waals surface area contributed by atoms with Gasteiger partial charge in [-0.2, -0.15) is 4.98 Å². The number of likely N-dealkylation sites (tertiary alicyclic amines) is 1. The van der Waals surface area contributed by atoms with E-state index in [1.165, 1.54) is 38.8 Å². The van der Waals surface area contributed by atoms with Gasteiger partial charge in [0.25, 0.3) is 0 Å². The number of rotatable bonds is 4. The molecule has 1 aliphatic heterocycles. The Morgan fingerprint density at radius 3 is 2.82 bits per heavy atom. The first-order valence-corrected chi connectivity index (χ1v) is 6.81. The molecule has 0 radical (unpaired) electrons. The van der Waals surface area contributed by atoms with Crippen LogP contribution in [0.25, 0.3) is 0 Å². The summed E-state index contributed by atoms with van der Waals surface area (Å²) in [4.78, 5) is 7.10. The zero-order valence-corrected chi connectivity index (χ0v) is 10.7. The summed E-state index contributed by atoms with van der Waals surface area (Å²) >= 11 is 0. The van der Waals surface area contributed by atoms with Gasteiger partial charge in [0.15, 0.2) is 5.82 Å². The summed E-state index contributed by atoms with van der Waals surface area (Å²) in [6, 6.07) is 0.409. The predicted octanol–water partition coefficient (Wildman–Crippen LogP) is 2.74. The van der Waals surface area contributed by atoms with Crippen molar-refractivity contribution in [2.24, 2.45) is 5.92 Å². The van der Waals surface area contributed by atoms with Gasteiger partial charge >= 0.3 is 0 Å². The Kier molecular flexibility index (Phi) is 2.90. The summed E-state index contributed by atoms with van der Waals surface area (Å²) in [6.45, 7) is 6.62. The fraction of sp³-hybridized carbons (Fsp3) is 0.846. The number of aromatic nitrogens is 2. The lowest BCUT2D eigenvalue weighted by Gasteiger charge is -2.21. The highest BCUT2D eigenvalue weighted by molar-refractivity contribution is 5.00. The highest BCUT2D eigenvalue weighted by atomic mass is 16.5. The van der Waals surface area contributed by atoms with Crippen LogP contribution in [-0.4, -0.2) is 28.1 Å². The summed E-state index contributed by atoms with van der Waals surface area (Å²) in [5.74, 6) is 2.95. The quantitative estimate of drug-likeness (QED) is 0.804. The van der Waals surface area contributed by atoms with Crippen LogP contribution in [0.15, 0.2) is 4.52 Å². The molecular weight excluding hydrogens is 214 g/mol. The van der Waals surface area contributed by atoms with Gasteiger partial charge in [-0.05, 0) is 38.1 Å². The van der Waals surface area contributed by atoms with E-state index in [0.29, 0.717) is 12.0 Å². The fourth-order valence-corrected chi connectivity index (χ4v) is 2.59. The third-order valence-corrected chi connectivity index (χ3v) is 3.80. The van der Waals surface area contributed by atoms with Gasteiger partial charge in [0, 0.05) is 12.5 Å². The van der Waals surface area contributed by atoms with E-state index in [9.17, 15) is 0 Å². The molecule has 2 aliphatic rings. The molecular formula is C13H21N3O. The SMILES string of the molecule is CC(C)c1nc(C2CCCN2CC2CC2)no1. The molecule has 94 valence electrons. The van der Waals surface area contributed by atoms with E-state index < -0.39 is 0 Å². The average molecular weight is 235 g/mol. The maximum Gasteiger partial charge on any atom is 0.229 e. The van der Waals surface area contributed by atoms with E-state index in [-0.39, 0.29) is 0 Å². The molecule has 2 fully saturated rings. The largest absolute Gasteiger partial charge is 0.339 e. The second-order valence-electron chi connectivity index (χ2n) is 5.74. The van der Waals surface area contributed by atoms with Gasteiger partial charge in [0.1, 0.15) is 0 Å². The van der Waals surface area contributed by atoms with Crippen molar-refractivity contribution in [2.45, 2.75) is 51.5 Å². The van der Waals surface area contributed by atoms with Crippen molar-refractivity contribution in [1.29, 1.82) is 0 Å². The molecule has 0 amide bonds. The van der Waals surface area contributed by atoms with E-state index in [2.05, 4.69) is 28.9 Å². The molecule has 1 aromatic heterocycles. The maximum absolute atomic E-state index is 5.32. The third kappa shape index (κ3) is 2.37. The molecule has 1 saturated carbocycles. The summed E-state index contributed by atoms with van der Waals surface area (Å²) in [5, 5.41) is 4.17. The van der Waals surface area contributed by atoms with Crippen molar-refractivity contribution in [1.82, 2.24) is 15.0 Å². The normalized spacial score (nSPS) is 25.9. The molecule has 17 heavy (non-hydrogen) atoms. The van der Waals surface area contributed by atoms with Crippen LogP contribution in [0.5, 0.6) is 0 Å². The lowest BCUT2D eigenvalue weighted by molar-refractivity contribution is 0.233. The average Bonchev–Trinajstić information content (AvgIpc) is 2.80. The highest BCUT2D eigenvalue weighted by Crippen LogP contribution is 2.36. The van der Waals surface area contributed by atoms with Gasteiger partial charge in [-0.25, -0.2) is 0 Å². The van der Waals surface area contributed by atoms with Crippen LogP contribution in [0.4, 0.5) is 0 Å². The summed E-state index contributed by atoms with van der Waals surface area (Å²) < 4.78 is 5.32. The molecule has 0 N–H and O–H groups in total. The first kappa shape index (κ1) is 11.2. The topological polar surface area (TPSA) is 42.2 Å².